The Morgan fingerprint density at radius 3 is 2.54 bits per heavy atom. The maximum Gasteiger partial charge on any atom is 0.321 e. The minimum atomic E-state index is -0.764. The predicted molar refractivity (Wildman–Crippen MR) is 48.6 cm³/mol. The second-order valence-electron chi connectivity index (χ2n) is 3.24. The van der Waals surface area contributed by atoms with Crippen molar-refractivity contribution >= 4 is 5.97 Å². The Hall–Kier alpha value is -1.35. The Morgan fingerprint density at radius 2 is 2.08 bits per heavy atom. The van der Waals surface area contributed by atoms with E-state index < -0.39 is 12.0 Å². The van der Waals surface area contributed by atoms with Crippen LogP contribution in [0.25, 0.3) is 0 Å². The number of carboxylic acid groups (broad SMARTS) is 1. The number of aliphatic carboxylic acids is 1. The molecule has 0 aromatic heterocycles. The zero-order valence-corrected chi connectivity index (χ0v) is 7.10. The summed E-state index contributed by atoms with van der Waals surface area (Å²) in [5, 5.41) is 11.7. The molecule has 2 rings (SSSR count). The second-order valence-corrected chi connectivity index (χ2v) is 3.24. The highest BCUT2D eigenvalue weighted by atomic mass is 16.4. The molecule has 2 N–H and O–H groups in total. The van der Waals surface area contributed by atoms with Gasteiger partial charge in [-0.1, -0.05) is 30.3 Å². The van der Waals surface area contributed by atoms with Gasteiger partial charge < -0.3 is 10.4 Å². The molecule has 3 nitrogen and oxygen atoms in total. The van der Waals surface area contributed by atoms with E-state index in [-0.39, 0.29) is 5.92 Å². The highest BCUT2D eigenvalue weighted by molar-refractivity contribution is 5.76. The molecule has 0 bridgehead atoms. The molecule has 68 valence electrons. The third-order valence-corrected chi connectivity index (χ3v) is 2.45. The lowest BCUT2D eigenvalue weighted by Crippen LogP contribution is -2.55. The number of carboxylic acids is 1. The summed E-state index contributed by atoms with van der Waals surface area (Å²) in [6.07, 6.45) is 0. The average molecular weight is 177 g/mol. The van der Waals surface area contributed by atoms with Gasteiger partial charge in [0, 0.05) is 12.5 Å². The van der Waals surface area contributed by atoms with Gasteiger partial charge in [-0.3, -0.25) is 4.79 Å². The van der Waals surface area contributed by atoms with Gasteiger partial charge in [-0.25, -0.2) is 0 Å². The summed E-state index contributed by atoms with van der Waals surface area (Å²) in [6, 6.07) is 9.36. The topological polar surface area (TPSA) is 49.3 Å². The quantitative estimate of drug-likeness (QED) is 0.703. The maximum atomic E-state index is 10.7. The van der Waals surface area contributed by atoms with Crippen molar-refractivity contribution in [2.45, 2.75) is 12.0 Å². The first-order valence-corrected chi connectivity index (χ1v) is 4.30. The van der Waals surface area contributed by atoms with Gasteiger partial charge in [0.2, 0.25) is 0 Å². The third kappa shape index (κ3) is 1.42. The molecule has 0 radical (unpaired) electrons. The number of benzene rings is 1. The molecule has 1 aliphatic heterocycles. The largest absolute Gasteiger partial charge is 0.480 e. The SMILES string of the molecule is O=C(O)[C@@H]1NC[C@H]1c1ccccc1. The van der Waals surface area contributed by atoms with Crippen molar-refractivity contribution < 1.29 is 9.90 Å². The lowest BCUT2D eigenvalue weighted by Gasteiger charge is -2.35. The molecular weight excluding hydrogens is 166 g/mol. The molecule has 2 atom stereocenters. The van der Waals surface area contributed by atoms with Crippen LogP contribution >= 0.6 is 0 Å². The van der Waals surface area contributed by atoms with E-state index >= 15 is 0 Å². The first kappa shape index (κ1) is 8.26. The van der Waals surface area contributed by atoms with E-state index in [1.165, 1.54) is 0 Å². The molecule has 1 fully saturated rings. The van der Waals surface area contributed by atoms with E-state index in [4.69, 9.17) is 5.11 Å². The first-order valence-electron chi connectivity index (χ1n) is 4.30. The Labute approximate surface area is 76.4 Å². The van der Waals surface area contributed by atoms with E-state index in [1.807, 2.05) is 30.3 Å². The lowest BCUT2D eigenvalue weighted by molar-refractivity contribution is -0.142. The van der Waals surface area contributed by atoms with E-state index in [0.29, 0.717) is 0 Å². The lowest BCUT2D eigenvalue weighted by atomic mass is 9.85. The molecule has 13 heavy (non-hydrogen) atoms. The van der Waals surface area contributed by atoms with Crippen LogP contribution in [0.3, 0.4) is 0 Å². The van der Waals surface area contributed by atoms with Crippen LogP contribution in [0.4, 0.5) is 0 Å². The molecule has 1 heterocycles. The van der Waals surface area contributed by atoms with Crippen molar-refractivity contribution in [2.75, 3.05) is 6.54 Å². The van der Waals surface area contributed by atoms with Crippen molar-refractivity contribution in [1.29, 1.82) is 0 Å². The van der Waals surface area contributed by atoms with Gasteiger partial charge in [-0.2, -0.15) is 0 Å². The number of hydrogen-bond donors (Lipinski definition) is 2. The van der Waals surface area contributed by atoms with Crippen molar-refractivity contribution in [1.82, 2.24) is 5.32 Å². The van der Waals surface area contributed by atoms with E-state index in [0.717, 1.165) is 12.1 Å². The Kier molecular flexibility index (Phi) is 2.02. The smallest absolute Gasteiger partial charge is 0.321 e. The summed E-state index contributed by atoms with van der Waals surface area (Å²) in [4.78, 5) is 10.7. The Morgan fingerprint density at radius 1 is 1.38 bits per heavy atom. The van der Waals surface area contributed by atoms with Crippen molar-refractivity contribution in [3.05, 3.63) is 35.9 Å². The third-order valence-electron chi connectivity index (χ3n) is 2.45. The van der Waals surface area contributed by atoms with Gasteiger partial charge in [-0.05, 0) is 5.56 Å². The van der Waals surface area contributed by atoms with Crippen LogP contribution in [-0.4, -0.2) is 23.7 Å². The molecule has 0 unspecified atom stereocenters. The summed E-state index contributed by atoms with van der Waals surface area (Å²) >= 11 is 0. The number of nitrogens with one attached hydrogen (secondary N) is 1. The van der Waals surface area contributed by atoms with Crippen molar-refractivity contribution in [2.24, 2.45) is 0 Å². The molecule has 1 saturated heterocycles. The van der Waals surface area contributed by atoms with Crippen molar-refractivity contribution in [3.8, 4) is 0 Å². The highest BCUT2D eigenvalue weighted by Crippen LogP contribution is 2.25. The van der Waals surface area contributed by atoms with Gasteiger partial charge in [0.15, 0.2) is 0 Å². The highest BCUT2D eigenvalue weighted by Gasteiger charge is 2.36. The van der Waals surface area contributed by atoms with Crippen LogP contribution in [0, 0.1) is 0 Å². The fourth-order valence-electron chi connectivity index (χ4n) is 1.62. The van der Waals surface area contributed by atoms with Gasteiger partial charge >= 0.3 is 5.97 Å². The zero-order chi connectivity index (χ0) is 9.26. The fourth-order valence-corrected chi connectivity index (χ4v) is 1.62. The summed E-state index contributed by atoms with van der Waals surface area (Å²) in [7, 11) is 0. The van der Waals surface area contributed by atoms with Crippen LogP contribution in [-0.2, 0) is 4.79 Å². The van der Waals surface area contributed by atoms with Crippen LogP contribution in [0.2, 0.25) is 0 Å². The number of rotatable bonds is 2. The molecule has 1 aliphatic rings. The molecule has 0 amide bonds. The van der Waals surface area contributed by atoms with Gasteiger partial charge in [0.25, 0.3) is 0 Å². The molecule has 1 aromatic carbocycles. The standard InChI is InChI=1S/C10H11NO2/c12-10(13)9-8(6-11-9)7-4-2-1-3-5-7/h1-5,8-9,11H,6H2,(H,12,13)/t8-,9+/m0/s1. The average Bonchev–Trinajstić information content (AvgIpc) is 2.02. The minimum Gasteiger partial charge on any atom is -0.480 e. The second kappa shape index (κ2) is 3.18. The maximum absolute atomic E-state index is 10.7. The molecule has 3 heteroatoms. The van der Waals surface area contributed by atoms with Crippen LogP contribution < -0.4 is 5.32 Å². The molecular formula is C10H11NO2. The summed E-state index contributed by atoms with van der Waals surface area (Å²) < 4.78 is 0. The summed E-state index contributed by atoms with van der Waals surface area (Å²) in [6.45, 7) is 0.765. The van der Waals surface area contributed by atoms with Gasteiger partial charge in [-0.15, -0.1) is 0 Å². The van der Waals surface area contributed by atoms with Crippen molar-refractivity contribution in [3.63, 3.8) is 0 Å². The number of hydrogen-bond acceptors (Lipinski definition) is 2. The zero-order valence-electron chi connectivity index (χ0n) is 7.10. The normalized spacial score (nSPS) is 26.5. The van der Waals surface area contributed by atoms with E-state index in [1.54, 1.807) is 0 Å². The first-order chi connectivity index (χ1) is 6.29. The molecule has 1 aromatic rings. The van der Waals surface area contributed by atoms with Crippen LogP contribution in [0.1, 0.15) is 11.5 Å². The van der Waals surface area contributed by atoms with Crippen LogP contribution in [0.15, 0.2) is 30.3 Å². The Balaban J connectivity index is 2.15. The van der Waals surface area contributed by atoms with E-state index in [2.05, 4.69) is 5.32 Å². The predicted octanol–water partition coefficient (Wildman–Crippen LogP) is 0.827. The van der Waals surface area contributed by atoms with Gasteiger partial charge in [0.05, 0.1) is 0 Å². The fraction of sp³-hybridized carbons (Fsp3) is 0.300. The molecule has 0 aliphatic carbocycles. The molecule has 0 saturated carbocycles. The monoisotopic (exact) mass is 177 g/mol. The summed E-state index contributed by atoms with van der Waals surface area (Å²) in [5.74, 6) is -0.626. The Bertz CT molecular complexity index is 310. The van der Waals surface area contributed by atoms with Gasteiger partial charge in [0.1, 0.15) is 6.04 Å². The number of carbonyl (C=O) groups is 1. The molecule has 0 spiro atoms. The minimum absolute atomic E-state index is 0.138. The summed E-state index contributed by atoms with van der Waals surface area (Å²) in [5.41, 5.74) is 1.11. The van der Waals surface area contributed by atoms with Crippen LogP contribution in [0.5, 0.6) is 0 Å². The van der Waals surface area contributed by atoms with E-state index in [9.17, 15) is 4.79 Å².